The molecule has 2 fully saturated rings. The fourth-order valence-corrected chi connectivity index (χ4v) is 3.07. The van der Waals surface area contributed by atoms with Gasteiger partial charge in [0.2, 0.25) is 0 Å². The molecule has 2 aliphatic rings. The molecule has 2 heterocycles. The number of carbonyl (C=O) groups excluding carboxylic acids is 1. The van der Waals surface area contributed by atoms with E-state index < -0.39 is 12.1 Å². The van der Waals surface area contributed by atoms with Crippen LogP contribution in [0.3, 0.4) is 0 Å². The highest BCUT2D eigenvalue weighted by molar-refractivity contribution is 5.76. The Hall–Kier alpha value is -0.650. The number of methoxy groups -OCH3 is 1. The quantitative estimate of drug-likeness (QED) is 0.695. The molecule has 5 heteroatoms. The van der Waals surface area contributed by atoms with E-state index >= 15 is 0 Å². The molecule has 0 aromatic rings. The SMILES string of the molecule is COC(=O)C1C(O)CCCN1CC1CCNCC1. The van der Waals surface area contributed by atoms with E-state index in [2.05, 4.69) is 10.2 Å². The first kappa shape index (κ1) is 13.8. The molecule has 2 N–H and O–H groups in total. The summed E-state index contributed by atoms with van der Waals surface area (Å²) in [6.45, 7) is 3.91. The molecule has 0 bridgehead atoms. The molecule has 2 unspecified atom stereocenters. The van der Waals surface area contributed by atoms with Gasteiger partial charge in [-0.2, -0.15) is 0 Å². The first-order valence-corrected chi connectivity index (χ1v) is 6.93. The summed E-state index contributed by atoms with van der Waals surface area (Å²) in [5.41, 5.74) is 0. The van der Waals surface area contributed by atoms with Gasteiger partial charge in [-0.3, -0.25) is 9.69 Å². The molecule has 0 spiro atoms. The Kier molecular flexibility index (Phi) is 4.97. The Labute approximate surface area is 108 Å². The molecule has 104 valence electrons. The van der Waals surface area contributed by atoms with Gasteiger partial charge in [0.1, 0.15) is 6.04 Å². The van der Waals surface area contributed by atoms with E-state index in [-0.39, 0.29) is 5.97 Å². The van der Waals surface area contributed by atoms with Gasteiger partial charge in [0.05, 0.1) is 13.2 Å². The van der Waals surface area contributed by atoms with Gasteiger partial charge in [0, 0.05) is 6.54 Å². The molecule has 2 rings (SSSR count). The molecule has 2 atom stereocenters. The zero-order chi connectivity index (χ0) is 13.0. The Balaban J connectivity index is 1.96. The van der Waals surface area contributed by atoms with Gasteiger partial charge in [-0.1, -0.05) is 0 Å². The zero-order valence-electron chi connectivity index (χ0n) is 11.1. The topological polar surface area (TPSA) is 61.8 Å². The molecule has 0 aliphatic carbocycles. The number of nitrogens with one attached hydrogen (secondary N) is 1. The highest BCUT2D eigenvalue weighted by Gasteiger charge is 2.37. The fraction of sp³-hybridized carbons (Fsp3) is 0.923. The number of rotatable bonds is 3. The standard InChI is InChI=1S/C13H24N2O3/c1-18-13(17)12-11(16)3-2-8-15(12)9-10-4-6-14-7-5-10/h10-12,14,16H,2-9H2,1H3. The van der Waals surface area contributed by atoms with E-state index in [4.69, 9.17) is 4.74 Å². The first-order chi connectivity index (χ1) is 8.72. The van der Waals surface area contributed by atoms with Crippen LogP contribution in [0.15, 0.2) is 0 Å². The summed E-state index contributed by atoms with van der Waals surface area (Å²) in [6.07, 6.45) is 3.39. The van der Waals surface area contributed by atoms with Gasteiger partial charge in [-0.15, -0.1) is 0 Å². The van der Waals surface area contributed by atoms with E-state index in [1.54, 1.807) is 0 Å². The second-order valence-corrected chi connectivity index (χ2v) is 5.37. The van der Waals surface area contributed by atoms with Crippen molar-refractivity contribution in [3.63, 3.8) is 0 Å². The highest BCUT2D eigenvalue weighted by Crippen LogP contribution is 2.22. The number of aliphatic hydroxyl groups excluding tert-OH is 1. The number of esters is 1. The average Bonchev–Trinajstić information content (AvgIpc) is 2.39. The number of nitrogens with zero attached hydrogens (tertiary/aromatic N) is 1. The van der Waals surface area contributed by atoms with Gasteiger partial charge in [-0.25, -0.2) is 0 Å². The number of hydrogen-bond acceptors (Lipinski definition) is 5. The van der Waals surface area contributed by atoms with Crippen molar-refractivity contribution in [2.24, 2.45) is 5.92 Å². The second kappa shape index (κ2) is 6.50. The molecule has 5 nitrogen and oxygen atoms in total. The van der Waals surface area contributed by atoms with E-state index in [1.807, 2.05) is 0 Å². The molecule has 0 amide bonds. The van der Waals surface area contributed by atoms with E-state index in [9.17, 15) is 9.90 Å². The third-order valence-electron chi connectivity index (χ3n) is 4.10. The van der Waals surface area contributed by atoms with Gasteiger partial charge in [0.15, 0.2) is 0 Å². The van der Waals surface area contributed by atoms with E-state index in [1.165, 1.54) is 7.11 Å². The van der Waals surface area contributed by atoms with Crippen LogP contribution in [0.5, 0.6) is 0 Å². The summed E-state index contributed by atoms with van der Waals surface area (Å²) in [5, 5.41) is 13.4. The van der Waals surface area contributed by atoms with Crippen molar-refractivity contribution in [1.82, 2.24) is 10.2 Å². The maximum atomic E-state index is 11.8. The zero-order valence-corrected chi connectivity index (χ0v) is 11.1. The minimum absolute atomic E-state index is 0.295. The van der Waals surface area contributed by atoms with Gasteiger partial charge in [-0.05, 0) is 51.2 Å². The van der Waals surface area contributed by atoms with Crippen molar-refractivity contribution in [3.05, 3.63) is 0 Å². The van der Waals surface area contributed by atoms with E-state index in [0.717, 1.165) is 45.4 Å². The molecule has 0 aromatic carbocycles. The number of hydrogen-bond donors (Lipinski definition) is 2. The molecule has 18 heavy (non-hydrogen) atoms. The highest BCUT2D eigenvalue weighted by atomic mass is 16.5. The molecule has 0 aromatic heterocycles. The Bertz CT molecular complexity index is 279. The lowest BCUT2D eigenvalue weighted by Gasteiger charge is -2.39. The van der Waals surface area contributed by atoms with Crippen molar-refractivity contribution in [2.75, 3.05) is 33.3 Å². The summed E-state index contributed by atoms with van der Waals surface area (Å²) in [6, 6.07) is -0.460. The monoisotopic (exact) mass is 256 g/mol. The smallest absolute Gasteiger partial charge is 0.325 e. The normalized spacial score (nSPS) is 31.2. The summed E-state index contributed by atoms with van der Waals surface area (Å²) in [4.78, 5) is 13.9. The first-order valence-electron chi connectivity index (χ1n) is 6.93. The van der Waals surface area contributed by atoms with Crippen LogP contribution in [0.2, 0.25) is 0 Å². The number of likely N-dealkylation sites (tertiary alicyclic amines) is 1. The van der Waals surface area contributed by atoms with Crippen molar-refractivity contribution in [2.45, 2.75) is 37.8 Å². The predicted octanol–water partition coefficient (Wildman–Crippen LogP) is -0.0157. The summed E-state index contributed by atoms with van der Waals surface area (Å²) >= 11 is 0. The van der Waals surface area contributed by atoms with Crippen LogP contribution in [0.1, 0.15) is 25.7 Å². The third kappa shape index (κ3) is 3.22. The van der Waals surface area contributed by atoms with Crippen molar-refractivity contribution < 1.29 is 14.6 Å². The summed E-state index contributed by atoms with van der Waals surface area (Å²) < 4.78 is 4.83. The van der Waals surface area contributed by atoms with Crippen molar-refractivity contribution in [1.29, 1.82) is 0 Å². The number of aliphatic hydroxyl groups is 1. The average molecular weight is 256 g/mol. The molecule has 2 saturated heterocycles. The van der Waals surface area contributed by atoms with Crippen LogP contribution in [0.25, 0.3) is 0 Å². The van der Waals surface area contributed by atoms with Crippen LogP contribution < -0.4 is 5.32 Å². The maximum Gasteiger partial charge on any atom is 0.325 e. The number of piperidine rings is 2. The molecule has 0 radical (unpaired) electrons. The van der Waals surface area contributed by atoms with Crippen LogP contribution in [-0.2, 0) is 9.53 Å². The van der Waals surface area contributed by atoms with Crippen LogP contribution in [-0.4, -0.2) is 61.4 Å². The van der Waals surface area contributed by atoms with Gasteiger partial charge < -0.3 is 15.2 Å². The minimum atomic E-state index is -0.576. The Morgan fingerprint density at radius 2 is 2.11 bits per heavy atom. The third-order valence-corrected chi connectivity index (χ3v) is 4.10. The lowest BCUT2D eigenvalue weighted by atomic mass is 9.93. The van der Waals surface area contributed by atoms with Crippen molar-refractivity contribution >= 4 is 5.97 Å². The Morgan fingerprint density at radius 3 is 2.78 bits per heavy atom. The van der Waals surface area contributed by atoms with Crippen LogP contribution in [0, 0.1) is 5.92 Å². The van der Waals surface area contributed by atoms with Crippen LogP contribution >= 0.6 is 0 Å². The molecule has 2 aliphatic heterocycles. The minimum Gasteiger partial charge on any atom is -0.468 e. The predicted molar refractivity (Wildman–Crippen MR) is 68.2 cm³/mol. The largest absolute Gasteiger partial charge is 0.468 e. The number of ether oxygens (including phenoxy) is 1. The Morgan fingerprint density at radius 1 is 1.39 bits per heavy atom. The van der Waals surface area contributed by atoms with Gasteiger partial charge in [0.25, 0.3) is 0 Å². The number of carbonyl (C=O) groups is 1. The fourth-order valence-electron chi connectivity index (χ4n) is 3.07. The summed E-state index contributed by atoms with van der Waals surface area (Å²) in [7, 11) is 1.40. The van der Waals surface area contributed by atoms with Crippen LogP contribution in [0.4, 0.5) is 0 Å². The summed E-state index contributed by atoms with van der Waals surface area (Å²) in [5.74, 6) is 0.333. The van der Waals surface area contributed by atoms with Gasteiger partial charge >= 0.3 is 5.97 Å². The van der Waals surface area contributed by atoms with Crippen molar-refractivity contribution in [3.8, 4) is 0 Å². The molecule has 0 saturated carbocycles. The van der Waals surface area contributed by atoms with E-state index in [0.29, 0.717) is 12.3 Å². The molecular weight excluding hydrogens is 232 g/mol. The maximum absolute atomic E-state index is 11.8. The molecular formula is C13H24N2O3. The lowest BCUT2D eigenvalue weighted by molar-refractivity contribution is -0.154. The second-order valence-electron chi connectivity index (χ2n) is 5.37. The lowest BCUT2D eigenvalue weighted by Crippen LogP contribution is -2.54.